The normalized spacial score (nSPS) is 16.6. The Bertz CT molecular complexity index is 944. The number of fused-ring (bicyclic) bond motifs is 1. The summed E-state index contributed by atoms with van der Waals surface area (Å²) in [6.07, 6.45) is 6.29. The Morgan fingerprint density at radius 3 is 3.11 bits per heavy atom. The van der Waals surface area contributed by atoms with Gasteiger partial charge in [0.05, 0.1) is 5.69 Å². The van der Waals surface area contributed by atoms with Gasteiger partial charge in [0.15, 0.2) is 0 Å². The third-order valence-electron chi connectivity index (χ3n) is 4.80. The van der Waals surface area contributed by atoms with Crippen LogP contribution in [0.2, 0.25) is 0 Å². The zero-order chi connectivity index (χ0) is 18.6. The van der Waals surface area contributed by atoms with Gasteiger partial charge in [-0.05, 0) is 56.1 Å². The fourth-order valence-electron chi connectivity index (χ4n) is 3.36. The summed E-state index contributed by atoms with van der Waals surface area (Å²) in [5.41, 5.74) is 3.53. The van der Waals surface area contributed by atoms with Gasteiger partial charge in [0.1, 0.15) is 18.0 Å². The summed E-state index contributed by atoms with van der Waals surface area (Å²) in [6, 6.07) is 11.7. The number of amides is 1. The number of rotatable bonds is 6. The Labute approximate surface area is 158 Å². The number of ether oxygens (including phenoxy) is 1. The molecule has 1 aliphatic rings. The predicted octanol–water partition coefficient (Wildman–Crippen LogP) is 2.70. The van der Waals surface area contributed by atoms with E-state index in [1.54, 1.807) is 12.1 Å². The molecular formula is C21H24N4O2. The number of benzene rings is 1. The minimum atomic E-state index is -0.0719. The van der Waals surface area contributed by atoms with Crippen LogP contribution in [0.3, 0.4) is 0 Å². The van der Waals surface area contributed by atoms with E-state index in [1.807, 2.05) is 41.1 Å². The first kappa shape index (κ1) is 17.5. The van der Waals surface area contributed by atoms with E-state index in [-0.39, 0.29) is 5.91 Å². The van der Waals surface area contributed by atoms with Gasteiger partial charge in [-0.3, -0.25) is 4.79 Å². The molecule has 4 rings (SSSR count). The van der Waals surface area contributed by atoms with E-state index in [2.05, 4.69) is 22.5 Å². The molecule has 0 radical (unpaired) electrons. The highest BCUT2D eigenvalue weighted by Crippen LogP contribution is 2.16. The van der Waals surface area contributed by atoms with E-state index < -0.39 is 0 Å². The first-order valence-electron chi connectivity index (χ1n) is 9.36. The molecule has 1 fully saturated rings. The minimum absolute atomic E-state index is 0.0719. The molecule has 0 aliphatic carbocycles. The third kappa shape index (κ3) is 4.28. The smallest absolute Gasteiger partial charge is 0.251 e. The van der Waals surface area contributed by atoms with Crippen molar-refractivity contribution in [1.82, 2.24) is 20.0 Å². The van der Waals surface area contributed by atoms with Crippen molar-refractivity contribution in [2.45, 2.75) is 32.4 Å². The predicted molar refractivity (Wildman–Crippen MR) is 104 cm³/mol. The summed E-state index contributed by atoms with van der Waals surface area (Å²) in [5, 5.41) is 6.37. The van der Waals surface area contributed by atoms with E-state index in [9.17, 15) is 4.79 Å². The second-order valence-corrected chi connectivity index (χ2v) is 7.02. The number of nitrogens with one attached hydrogen (secondary N) is 2. The van der Waals surface area contributed by atoms with Crippen LogP contribution in [-0.2, 0) is 6.61 Å². The van der Waals surface area contributed by atoms with Crippen molar-refractivity contribution >= 4 is 11.6 Å². The van der Waals surface area contributed by atoms with Gasteiger partial charge in [-0.25, -0.2) is 4.98 Å². The Kier molecular flexibility index (Phi) is 5.07. The number of hydrogen-bond donors (Lipinski definition) is 2. The Hall–Kier alpha value is -2.86. The van der Waals surface area contributed by atoms with E-state index in [0.717, 1.165) is 24.3 Å². The largest absolute Gasteiger partial charge is 0.487 e. The quantitative estimate of drug-likeness (QED) is 0.706. The van der Waals surface area contributed by atoms with Crippen LogP contribution in [0.25, 0.3) is 5.65 Å². The van der Waals surface area contributed by atoms with Crippen molar-refractivity contribution < 1.29 is 9.53 Å². The maximum Gasteiger partial charge on any atom is 0.251 e. The molecule has 1 atom stereocenters. The number of aromatic nitrogens is 2. The fourth-order valence-corrected chi connectivity index (χ4v) is 3.36. The third-order valence-corrected chi connectivity index (χ3v) is 4.80. The topological polar surface area (TPSA) is 67.7 Å². The molecule has 2 aromatic heterocycles. The molecule has 0 saturated carbocycles. The van der Waals surface area contributed by atoms with Gasteiger partial charge >= 0.3 is 0 Å². The van der Waals surface area contributed by atoms with Crippen LogP contribution >= 0.6 is 0 Å². The number of imidazole rings is 1. The van der Waals surface area contributed by atoms with Crippen molar-refractivity contribution in [3.63, 3.8) is 0 Å². The van der Waals surface area contributed by atoms with Crippen LogP contribution in [0.15, 0.2) is 48.8 Å². The Morgan fingerprint density at radius 2 is 2.26 bits per heavy atom. The van der Waals surface area contributed by atoms with Crippen molar-refractivity contribution in [3.8, 4) is 5.75 Å². The van der Waals surface area contributed by atoms with Crippen molar-refractivity contribution in [2.75, 3.05) is 13.1 Å². The molecule has 140 valence electrons. The second kappa shape index (κ2) is 7.80. The highest BCUT2D eigenvalue weighted by Gasteiger charge is 2.15. The minimum Gasteiger partial charge on any atom is -0.487 e. The molecule has 6 heteroatoms. The van der Waals surface area contributed by atoms with E-state index >= 15 is 0 Å². The molecule has 6 nitrogen and oxygen atoms in total. The van der Waals surface area contributed by atoms with Crippen LogP contribution in [0.4, 0.5) is 0 Å². The van der Waals surface area contributed by atoms with Gasteiger partial charge in [-0.2, -0.15) is 0 Å². The van der Waals surface area contributed by atoms with Gasteiger partial charge in [0.2, 0.25) is 0 Å². The van der Waals surface area contributed by atoms with Gasteiger partial charge in [0, 0.05) is 30.5 Å². The SMILES string of the molecule is Cc1ccc2nc(COc3cccc(C(=O)NCC4CCCN4)c3)cn2c1. The first-order valence-corrected chi connectivity index (χ1v) is 9.36. The molecule has 2 N–H and O–H groups in total. The number of carbonyl (C=O) groups excluding carboxylic acids is 1. The molecule has 1 aromatic carbocycles. The number of aryl methyl sites for hydroxylation is 1. The lowest BCUT2D eigenvalue weighted by Crippen LogP contribution is -2.37. The standard InChI is InChI=1S/C21H24N4O2/c1-15-7-8-20-24-18(13-25(20)12-15)14-27-19-6-2-4-16(10-19)21(26)23-11-17-5-3-9-22-17/h2,4,6-8,10,12-13,17,22H,3,5,9,11,14H2,1H3,(H,23,26). The van der Waals surface area contributed by atoms with Gasteiger partial charge in [-0.15, -0.1) is 0 Å². The molecule has 1 aliphatic heterocycles. The lowest BCUT2D eigenvalue weighted by atomic mass is 10.2. The molecule has 0 bridgehead atoms. The average Bonchev–Trinajstić information content (AvgIpc) is 3.33. The van der Waals surface area contributed by atoms with Crippen LogP contribution < -0.4 is 15.4 Å². The van der Waals surface area contributed by atoms with Crippen LogP contribution in [-0.4, -0.2) is 34.4 Å². The number of hydrogen-bond acceptors (Lipinski definition) is 4. The monoisotopic (exact) mass is 364 g/mol. The van der Waals surface area contributed by atoms with Crippen LogP contribution in [0.5, 0.6) is 5.75 Å². The van der Waals surface area contributed by atoms with E-state index in [4.69, 9.17) is 4.74 Å². The molecule has 27 heavy (non-hydrogen) atoms. The lowest BCUT2D eigenvalue weighted by molar-refractivity contribution is 0.0950. The van der Waals surface area contributed by atoms with Gasteiger partial charge in [-0.1, -0.05) is 12.1 Å². The molecule has 3 aromatic rings. The summed E-state index contributed by atoms with van der Waals surface area (Å²) in [6.45, 7) is 4.10. The average molecular weight is 364 g/mol. The number of pyridine rings is 1. The number of carbonyl (C=O) groups is 1. The Morgan fingerprint density at radius 1 is 1.33 bits per heavy atom. The fraction of sp³-hybridized carbons (Fsp3) is 0.333. The van der Waals surface area contributed by atoms with Gasteiger partial charge in [0.25, 0.3) is 5.91 Å². The van der Waals surface area contributed by atoms with E-state index in [0.29, 0.717) is 30.5 Å². The first-order chi connectivity index (χ1) is 13.2. The summed E-state index contributed by atoms with van der Waals surface area (Å²) >= 11 is 0. The maximum absolute atomic E-state index is 12.4. The molecule has 0 spiro atoms. The van der Waals surface area contributed by atoms with E-state index in [1.165, 1.54) is 12.0 Å². The van der Waals surface area contributed by atoms with Crippen LogP contribution in [0.1, 0.15) is 34.5 Å². The van der Waals surface area contributed by atoms with Crippen molar-refractivity contribution in [2.24, 2.45) is 0 Å². The van der Waals surface area contributed by atoms with Crippen LogP contribution in [0, 0.1) is 6.92 Å². The molecular weight excluding hydrogens is 340 g/mol. The summed E-state index contributed by atoms with van der Waals surface area (Å²) in [5.74, 6) is 0.590. The molecule has 3 heterocycles. The molecule has 1 saturated heterocycles. The molecule has 1 unspecified atom stereocenters. The maximum atomic E-state index is 12.4. The Balaban J connectivity index is 1.37. The lowest BCUT2D eigenvalue weighted by Gasteiger charge is -2.12. The zero-order valence-electron chi connectivity index (χ0n) is 15.4. The molecule has 1 amide bonds. The van der Waals surface area contributed by atoms with Gasteiger partial charge < -0.3 is 19.8 Å². The van der Waals surface area contributed by atoms with Crippen molar-refractivity contribution in [3.05, 3.63) is 65.6 Å². The highest BCUT2D eigenvalue weighted by atomic mass is 16.5. The number of nitrogens with zero attached hydrogens (tertiary/aromatic N) is 2. The second-order valence-electron chi connectivity index (χ2n) is 7.02. The summed E-state index contributed by atoms with van der Waals surface area (Å²) < 4.78 is 7.85. The summed E-state index contributed by atoms with van der Waals surface area (Å²) in [4.78, 5) is 16.9. The summed E-state index contributed by atoms with van der Waals surface area (Å²) in [7, 11) is 0. The van der Waals surface area contributed by atoms with Crippen molar-refractivity contribution in [1.29, 1.82) is 0 Å². The highest BCUT2D eigenvalue weighted by molar-refractivity contribution is 5.94. The zero-order valence-corrected chi connectivity index (χ0v) is 15.4.